The van der Waals surface area contributed by atoms with E-state index in [1.165, 1.54) is 18.5 Å². The lowest BCUT2D eigenvalue weighted by Crippen LogP contribution is -2.67. The molecule has 1 aromatic carbocycles. The number of hydrogen-bond donors (Lipinski definition) is 2. The fourth-order valence-corrected chi connectivity index (χ4v) is 4.02. The van der Waals surface area contributed by atoms with E-state index >= 15 is 0 Å². The summed E-state index contributed by atoms with van der Waals surface area (Å²) in [4.78, 5) is 0. The van der Waals surface area contributed by atoms with E-state index in [2.05, 4.69) is 47.6 Å². The summed E-state index contributed by atoms with van der Waals surface area (Å²) in [6.45, 7) is 5.55. The van der Waals surface area contributed by atoms with Gasteiger partial charge in [-0.3, -0.25) is 5.10 Å². The Morgan fingerprint density at radius 2 is 2.30 bits per heavy atom. The third-order valence-corrected chi connectivity index (χ3v) is 5.10. The number of nitrogens with one attached hydrogen (secondary N) is 2. The number of aromatic amines is 1. The molecule has 4 heteroatoms. The first-order valence-corrected chi connectivity index (χ1v) is 7.47. The van der Waals surface area contributed by atoms with Gasteiger partial charge in [-0.1, -0.05) is 13.8 Å². The minimum atomic E-state index is 0.202. The van der Waals surface area contributed by atoms with Gasteiger partial charge in [-0.05, 0) is 31.0 Å². The van der Waals surface area contributed by atoms with Gasteiger partial charge in [0, 0.05) is 35.1 Å². The van der Waals surface area contributed by atoms with Gasteiger partial charge in [0.1, 0.15) is 0 Å². The average Bonchev–Trinajstić information content (AvgIpc) is 2.92. The Balaban J connectivity index is 1.58. The number of rotatable bonds is 2. The monoisotopic (exact) mass is 271 g/mol. The minimum Gasteiger partial charge on any atom is -0.381 e. The highest BCUT2D eigenvalue weighted by molar-refractivity contribution is 5.81. The molecule has 4 nitrogen and oxygen atoms in total. The van der Waals surface area contributed by atoms with Crippen LogP contribution in [0.3, 0.4) is 0 Å². The molecular weight excluding hydrogens is 250 g/mol. The van der Waals surface area contributed by atoms with Crippen LogP contribution in [0.25, 0.3) is 10.9 Å². The van der Waals surface area contributed by atoms with Crippen molar-refractivity contribution in [1.82, 2.24) is 10.2 Å². The van der Waals surface area contributed by atoms with Gasteiger partial charge in [0.05, 0.1) is 17.8 Å². The number of H-pyrrole nitrogens is 1. The standard InChI is InChI=1S/C16H21N3O/c1-16(2)14(12-4-3-7-20-15(12)16)18-11-6-5-10-9-17-19-13(10)8-11/h5-6,8-9,12,14-15,18H,3-4,7H2,1-2H3,(H,17,19). The molecule has 2 aliphatic rings. The SMILES string of the molecule is CC1(C)C(Nc2ccc3cn[nH]c3c2)C2CCCOC21. The summed E-state index contributed by atoms with van der Waals surface area (Å²) < 4.78 is 5.96. The fourth-order valence-electron chi connectivity index (χ4n) is 4.02. The van der Waals surface area contributed by atoms with E-state index in [9.17, 15) is 0 Å². The fraction of sp³-hybridized carbons (Fsp3) is 0.562. The van der Waals surface area contributed by atoms with Crippen molar-refractivity contribution in [2.75, 3.05) is 11.9 Å². The first-order chi connectivity index (χ1) is 9.66. The Morgan fingerprint density at radius 1 is 1.40 bits per heavy atom. The lowest BCUT2D eigenvalue weighted by atomic mass is 9.55. The van der Waals surface area contributed by atoms with E-state index in [0.29, 0.717) is 18.1 Å². The molecule has 2 N–H and O–H groups in total. The predicted molar refractivity (Wildman–Crippen MR) is 79.7 cm³/mol. The molecule has 1 saturated heterocycles. The molecule has 2 fully saturated rings. The van der Waals surface area contributed by atoms with Gasteiger partial charge in [0.25, 0.3) is 0 Å². The van der Waals surface area contributed by atoms with E-state index in [0.717, 1.165) is 17.5 Å². The summed E-state index contributed by atoms with van der Waals surface area (Å²) >= 11 is 0. The normalized spacial score (nSPS) is 31.6. The smallest absolute Gasteiger partial charge is 0.0693 e. The summed E-state index contributed by atoms with van der Waals surface area (Å²) in [6.07, 6.45) is 4.74. The summed E-state index contributed by atoms with van der Waals surface area (Å²) in [5.74, 6) is 0.649. The molecule has 0 radical (unpaired) electrons. The first-order valence-electron chi connectivity index (χ1n) is 7.47. The van der Waals surface area contributed by atoms with E-state index in [1.807, 2.05) is 6.20 Å². The van der Waals surface area contributed by atoms with Crippen LogP contribution in [0, 0.1) is 11.3 Å². The number of fused-ring (bicyclic) bond motifs is 2. The number of benzene rings is 1. The van der Waals surface area contributed by atoms with Gasteiger partial charge in [-0.15, -0.1) is 0 Å². The Kier molecular flexibility index (Phi) is 2.58. The van der Waals surface area contributed by atoms with Crippen LogP contribution in [0.4, 0.5) is 5.69 Å². The van der Waals surface area contributed by atoms with Crippen LogP contribution < -0.4 is 5.32 Å². The number of nitrogens with zero attached hydrogens (tertiary/aromatic N) is 1. The number of anilines is 1. The van der Waals surface area contributed by atoms with Crippen molar-refractivity contribution in [2.24, 2.45) is 11.3 Å². The largest absolute Gasteiger partial charge is 0.381 e. The maximum absolute atomic E-state index is 5.96. The Bertz CT molecular complexity index is 633. The maximum atomic E-state index is 5.96. The summed E-state index contributed by atoms with van der Waals surface area (Å²) in [5, 5.41) is 12.0. The molecule has 2 heterocycles. The minimum absolute atomic E-state index is 0.202. The van der Waals surface area contributed by atoms with Crippen LogP contribution in [0.1, 0.15) is 26.7 Å². The second kappa shape index (κ2) is 4.22. The number of hydrogen-bond acceptors (Lipinski definition) is 3. The third-order valence-electron chi connectivity index (χ3n) is 5.10. The van der Waals surface area contributed by atoms with Gasteiger partial charge in [0.2, 0.25) is 0 Å². The third kappa shape index (κ3) is 1.67. The van der Waals surface area contributed by atoms with Crippen molar-refractivity contribution in [2.45, 2.75) is 38.8 Å². The van der Waals surface area contributed by atoms with E-state index in [1.54, 1.807) is 0 Å². The van der Waals surface area contributed by atoms with Gasteiger partial charge >= 0.3 is 0 Å². The van der Waals surface area contributed by atoms with E-state index < -0.39 is 0 Å². The van der Waals surface area contributed by atoms with Gasteiger partial charge < -0.3 is 10.1 Å². The number of aromatic nitrogens is 2. The molecule has 2 aromatic rings. The van der Waals surface area contributed by atoms with Crippen molar-refractivity contribution in [3.63, 3.8) is 0 Å². The molecule has 3 atom stereocenters. The van der Waals surface area contributed by atoms with Crippen LogP contribution >= 0.6 is 0 Å². The Labute approximate surface area is 118 Å². The topological polar surface area (TPSA) is 49.9 Å². The van der Waals surface area contributed by atoms with Crippen LogP contribution in [-0.2, 0) is 4.74 Å². The molecule has 1 saturated carbocycles. The van der Waals surface area contributed by atoms with Crippen LogP contribution in [-0.4, -0.2) is 29.0 Å². The molecule has 0 bridgehead atoms. The van der Waals surface area contributed by atoms with Crippen LogP contribution in [0.5, 0.6) is 0 Å². The van der Waals surface area contributed by atoms with Crippen LogP contribution in [0.15, 0.2) is 24.4 Å². The quantitative estimate of drug-likeness (QED) is 0.882. The van der Waals surface area contributed by atoms with Crippen molar-refractivity contribution < 1.29 is 4.74 Å². The highest BCUT2D eigenvalue weighted by Crippen LogP contribution is 2.52. The molecule has 3 unspecified atom stereocenters. The molecule has 1 aromatic heterocycles. The highest BCUT2D eigenvalue weighted by atomic mass is 16.5. The van der Waals surface area contributed by atoms with Crippen molar-refractivity contribution in [3.8, 4) is 0 Å². The van der Waals surface area contributed by atoms with Crippen molar-refractivity contribution in [3.05, 3.63) is 24.4 Å². The second-order valence-electron chi connectivity index (χ2n) is 6.71. The molecule has 4 rings (SSSR count). The van der Waals surface area contributed by atoms with Crippen LogP contribution in [0.2, 0.25) is 0 Å². The Morgan fingerprint density at radius 3 is 3.20 bits per heavy atom. The van der Waals surface area contributed by atoms with Crippen molar-refractivity contribution in [1.29, 1.82) is 0 Å². The Hall–Kier alpha value is -1.55. The predicted octanol–water partition coefficient (Wildman–Crippen LogP) is 3.18. The summed E-state index contributed by atoms with van der Waals surface area (Å²) in [6, 6.07) is 6.90. The van der Waals surface area contributed by atoms with Gasteiger partial charge in [-0.25, -0.2) is 0 Å². The zero-order valence-corrected chi connectivity index (χ0v) is 12.0. The highest BCUT2D eigenvalue weighted by Gasteiger charge is 2.57. The van der Waals surface area contributed by atoms with Crippen molar-refractivity contribution >= 4 is 16.6 Å². The first kappa shape index (κ1) is 12.2. The van der Waals surface area contributed by atoms with Gasteiger partial charge in [0.15, 0.2) is 0 Å². The maximum Gasteiger partial charge on any atom is 0.0693 e. The molecular formula is C16H21N3O. The molecule has 0 spiro atoms. The second-order valence-corrected chi connectivity index (χ2v) is 6.71. The molecule has 0 amide bonds. The zero-order valence-electron chi connectivity index (χ0n) is 12.0. The summed E-state index contributed by atoms with van der Waals surface area (Å²) in [7, 11) is 0. The van der Waals surface area contributed by atoms with E-state index in [-0.39, 0.29) is 5.41 Å². The zero-order chi connectivity index (χ0) is 13.7. The lowest BCUT2D eigenvalue weighted by Gasteiger charge is -2.60. The number of ether oxygens (including phenoxy) is 1. The molecule has 20 heavy (non-hydrogen) atoms. The lowest BCUT2D eigenvalue weighted by molar-refractivity contribution is -0.177. The molecule has 106 valence electrons. The molecule has 1 aliphatic carbocycles. The van der Waals surface area contributed by atoms with Gasteiger partial charge in [-0.2, -0.15) is 5.10 Å². The van der Waals surface area contributed by atoms with E-state index in [4.69, 9.17) is 4.74 Å². The average molecular weight is 271 g/mol. The molecule has 1 aliphatic heterocycles. The summed E-state index contributed by atoms with van der Waals surface area (Å²) in [5.41, 5.74) is 2.46.